The topological polar surface area (TPSA) is 628 Å². The molecule has 0 radical (unpaired) electrons. The Bertz CT molecular complexity index is 6250. The molecule has 0 amide bonds. The number of carbonyl (C=O) groups is 4. The van der Waals surface area contributed by atoms with Crippen LogP contribution in [0.5, 0.6) is 0 Å². The Morgan fingerprint density at radius 1 is 0.396 bits per heavy atom. The van der Waals surface area contributed by atoms with E-state index in [0.29, 0.717) is 35.7 Å². The van der Waals surface area contributed by atoms with E-state index >= 15 is 0 Å². The van der Waals surface area contributed by atoms with Gasteiger partial charge in [-0.3, -0.25) is 82.5 Å². The van der Waals surface area contributed by atoms with Gasteiger partial charge in [0.1, 0.15) is 46.7 Å². The normalized spacial score (nSPS) is 35.3. The SMILES string of the molecule is C[C@@]12OC(=O)O[C@@H]1[C@@H](COP1(=O)OCC[C@@H](c3cccc(Cl)c3)O1)O[C@H]2n1ccc(N)nc1=O.C[C@@]12OC(=O)O[C@@H]1[C@@H](COP1(=O)OCC[C@@H](c3ccncc3)O1)O[C@H]2n1ccc(N)nc1=O.C[C@]1(COP2(=O)OCC[C@@H](c3cccc(Cl)c3)O2)O[C@@H](n2ccc(N)nc2=O)[C@@H]2OC(=O)O[C@@H]21.C[C@]1(COP2(=O)OCC[C@@H](c3ccncc3)O2)O[C@@H](n2ccc(N)nc2=O)[C@@H]2OC(=O)O[C@@H]21. The Morgan fingerprint density at radius 2 is 0.709 bits per heavy atom. The van der Waals surface area contributed by atoms with Crippen molar-refractivity contribution < 1.29 is 149 Å². The number of aromatic nitrogens is 10. The summed E-state index contributed by atoms with van der Waals surface area (Å²) in [5, 5.41) is 1.03. The number of rotatable bonds is 20. The summed E-state index contributed by atoms with van der Waals surface area (Å²) >= 11 is 12.1. The Labute approximate surface area is 766 Å². The van der Waals surface area contributed by atoms with Gasteiger partial charge in [-0.2, -0.15) is 19.9 Å². The number of hydrogen-bond acceptors (Lipinski definition) is 46. The maximum absolute atomic E-state index is 13.2. The first kappa shape index (κ1) is 95.1. The van der Waals surface area contributed by atoms with Crippen LogP contribution in [0, 0.1) is 0 Å². The van der Waals surface area contributed by atoms with Gasteiger partial charge in [-0.1, -0.05) is 47.5 Å². The van der Waals surface area contributed by atoms with Gasteiger partial charge < -0.3 is 79.8 Å². The molecule has 50 nitrogen and oxygen atoms in total. The second-order valence-electron chi connectivity index (χ2n) is 32.2. The van der Waals surface area contributed by atoms with E-state index in [1.807, 2.05) is 0 Å². The van der Waals surface area contributed by atoms with E-state index in [1.54, 1.807) is 125 Å². The van der Waals surface area contributed by atoms with Crippen LogP contribution in [-0.4, -0.2) is 197 Å². The highest BCUT2D eigenvalue weighted by Crippen LogP contribution is 2.63. The van der Waals surface area contributed by atoms with Crippen LogP contribution in [0.25, 0.3) is 0 Å². The van der Waals surface area contributed by atoms with Crippen LogP contribution in [0.3, 0.4) is 0 Å². The second kappa shape index (κ2) is 38.2. The largest absolute Gasteiger partial charge is 0.509 e. The van der Waals surface area contributed by atoms with Gasteiger partial charge in [0.2, 0.25) is 0 Å². The van der Waals surface area contributed by atoms with E-state index in [1.165, 1.54) is 49.1 Å². The number of nitrogens with zero attached hydrogens (tertiary/aromatic N) is 10. The summed E-state index contributed by atoms with van der Waals surface area (Å²) in [6.45, 7) is 5.52. The third-order valence-electron chi connectivity index (χ3n) is 22.9. The van der Waals surface area contributed by atoms with Gasteiger partial charge in [0.05, 0.1) is 77.3 Å². The minimum atomic E-state index is -4.01. The lowest BCUT2D eigenvalue weighted by atomic mass is 9.96. The van der Waals surface area contributed by atoms with Crippen LogP contribution >= 0.6 is 54.5 Å². The molecular weight excluding hydrogens is 1900 g/mol. The van der Waals surface area contributed by atoms with E-state index < -0.39 is 199 Å². The molecule has 134 heavy (non-hydrogen) atoms. The fraction of sp³-hybridized carbons (Fsp3) is 0.462. The number of nitrogens with two attached hydrogens (primary N) is 4. The first-order valence-electron chi connectivity index (χ1n) is 41.1. The van der Waals surface area contributed by atoms with Crippen LogP contribution in [0.4, 0.5) is 42.4 Å². The van der Waals surface area contributed by atoms with Crippen LogP contribution in [0.2, 0.25) is 10.0 Å². The maximum atomic E-state index is 13.2. The number of phosphoric ester groups is 4. The molecule has 0 saturated carbocycles. The van der Waals surface area contributed by atoms with Crippen molar-refractivity contribution in [1.29, 1.82) is 0 Å². The lowest BCUT2D eigenvalue weighted by Crippen LogP contribution is -2.44. The highest BCUT2D eigenvalue weighted by molar-refractivity contribution is 7.49. The Morgan fingerprint density at radius 3 is 1.04 bits per heavy atom. The average molecular weight is 1990 g/mol. The van der Waals surface area contributed by atoms with E-state index in [2.05, 4.69) is 29.9 Å². The zero-order chi connectivity index (χ0) is 94.6. The molecule has 0 bridgehead atoms. The molecule has 2 aromatic carbocycles. The molecule has 12 fully saturated rings. The van der Waals surface area contributed by atoms with E-state index in [4.69, 9.17) is 157 Å². The van der Waals surface area contributed by atoms with Crippen molar-refractivity contribution in [2.75, 3.05) is 75.8 Å². The summed E-state index contributed by atoms with van der Waals surface area (Å²) in [5.41, 5.74) is 17.0. The number of fused-ring (bicyclic) bond motifs is 4. The Kier molecular flexibility index (Phi) is 27.1. The average Bonchev–Trinajstić information content (AvgIpc) is 1.58. The number of pyridine rings is 2. The molecule has 12 aliphatic heterocycles. The summed E-state index contributed by atoms with van der Waals surface area (Å²) in [6.07, 6.45) is -3.97. The molecule has 56 heteroatoms. The predicted molar refractivity (Wildman–Crippen MR) is 450 cm³/mol. The first-order valence-corrected chi connectivity index (χ1v) is 47.7. The number of nitrogen functional groups attached to an aromatic ring is 4. The maximum Gasteiger partial charge on any atom is 0.509 e. The van der Waals surface area contributed by atoms with Gasteiger partial charge in [0.15, 0.2) is 72.7 Å². The molecule has 6 aromatic heterocycles. The fourth-order valence-electron chi connectivity index (χ4n) is 16.5. The van der Waals surface area contributed by atoms with Crippen LogP contribution in [0.1, 0.15) is 125 Å². The predicted octanol–water partition coefficient (Wildman–Crippen LogP) is 9.38. The van der Waals surface area contributed by atoms with Crippen molar-refractivity contribution in [3.8, 4) is 0 Å². The van der Waals surface area contributed by atoms with Gasteiger partial charge in [0, 0.05) is 85.3 Å². The van der Waals surface area contributed by atoms with Gasteiger partial charge in [-0.05, 0) is 123 Å². The fourth-order valence-corrected chi connectivity index (χ4v) is 22.6. The minimum absolute atomic E-state index is 0.0273. The smallest absolute Gasteiger partial charge is 0.424 e. The number of benzene rings is 2. The quantitative estimate of drug-likeness (QED) is 0.0313. The molecule has 12 saturated heterocycles. The lowest BCUT2D eigenvalue weighted by molar-refractivity contribution is -0.131. The standard InChI is InChI=1S/2C20H21ClN3O9P.2C19H21N4O9P/c1-20-16(31-19(26)32-20)14(30-17(20)24-7-5-15(22)23-18(24)25)10-29-34(27)28-8-6-13(33-34)11-3-2-4-12(21)9-11;1-20(10-29-34(27)28-8-6-13(33-34)11-3-2-4-12(21)9-11)16-15(30-19(26)31-16)17(32-20)24-7-5-14(22)23-18(24)25;1-19-15(30-18(25)31-19)13(29-16(19)23-8-4-14(20)22-17(23)24)10-28-33(26)27-9-5-12(32-33)11-2-6-21-7-3-11;1-19(10-28-33(26)27-9-5-12(32-33)11-2-6-21-7-3-11)15-14(29-18(25)30-15)16(31-19)23-8-4-13(20)22-17(23)24/h2-5,7,9,13-14,16-17H,6,8,10H2,1H3,(H2,22,23,25);2-5,7,9,13,15-17H,6,8,10H2,1H3,(H2,22,23,25);2-4,6-8,12-13,15-16H,5,9-10H2,1H3,(H2,20,22,24);2-4,6-8,12,14-16H,5,9-10H2,1H3,(H2,20,22,24)/t13-,14+,16+,17+,20+,34?;13-,15+,16-,17+,20+,34?;12-,13+,15+,16+,19+,33?;12-,14+,15-,16+,19+,33?/m0000/s1. The molecule has 20 rings (SSSR count). The van der Waals surface area contributed by atoms with Crippen molar-refractivity contribution in [2.24, 2.45) is 0 Å². The van der Waals surface area contributed by atoms with Crippen molar-refractivity contribution in [3.63, 3.8) is 0 Å². The Balaban J connectivity index is 0.000000124. The number of ether oxygens (including phenoxy) is 12. The highest BCUT2D eigenvalue weighted by atomic mass is 35.5. The van der Waals surface area contributed by atoms with Gasteiger partial charge in [-0.15, -0.1) is 0 Å². The number of halogens is 2. The van der Waals surface area contributed by atoms with Gasteiger partial charge in [-0.25, -0.2) is 56.6 Å². The van der Waals surface area contributed by atoms with Gasteiger partial charge >= 0.3 is 78.7 Å². The third-order valence-corrected chi connectivity index (χ3v) is 29.2. The van der Waals surface area contributed by atoms with Crippen molar-refractivity contribution >= 4 is 102 Å². The summed E-state index contributed by atoms with van der Waals surface area (Å²) in [4.78, 5) is 120. The summed E-state index contributed by atoms with van der Waals surface area (Å²) in [6, 6.07) is 26.6. The molecule has 8 aromatic rings. The van der Waals surface area contributed by atoms with Crippen LogP contribution < -0.4 is 45.7 Å². The molecule has 4 unspecified atom stereocenters. The number of carbonyl (C=O) groups excluding carboxylic acids is 4. The highest BCUT2D eigenvalue weighted by Gasteiger charge is 2.68. The minimum Gasteiger partial charge on any atom is -0.424 e. The molecule has 18 heterocycles. The number of phosphoric acid groups is 4. The van der Waals surface area contributed by atoms with Gasteiger partial charge in [0.25, 0.3) is 0 Å². The van der Waals surface area contributed by atoms with Crippen molar-refractivity contribution in [2.45, 2.75) is 174 Å². The monoisotopic (exact) mass is 1990 g/mol. The number of hydrogen-bond donors (Lipinski definition) is 4. The molecule has 716 valence electrons. The van der Waals surface area contributed by atoms with Crippen LogP contribution in [-0.2, 0) is 129 Å². The van der Waals surface area contributed by atoms with Crippen molar-refractivity contribution in [1.82, 2.24) is 48.2 Å². The molecule has 0 aliphatic carbocycles. The molecule has 24 atom stereocenters. The summed E-state index contributed by atoms with van der Waals surface area (Å²) in [5.74, 6) is 0.119. The van der Waals surface area contributed by atoms with E-state index in [-0.39, 0.29) is 76.1 Å². The summed E-state index contributed by atoms with van der Waals surface area (Å²) in [7, 11) is -15.9. The Hall–Kier alpha value is -10.6. The molecule has 0 spiro atoms. The van der Waals surface area contributed by atoms with E-state index in [0.717, 1.165) is 40.5 Å². The molecule has 12 aliphatic rings. The summed E-state index contributed by atoms with van der Waals surface area (Å²) < 4.78 is 190. The van der Waals surface area contributed by atoms with Crippen LogP contribution in [0.15, 0.2) is 166 Å². The zero-order valence-corrected chi connectivity index (χ0v) is 75.7. The zero-order valence-electron chi connectivity index (χ0n) is 70.6. The van der Waals surface area contributed by atoms with E-state index in [9.17, 15) is 56.6 Å². The molecule has 8 N–H and O–H groups in total. The molecular formula is C78H84Cl2N14O36P4. The third kappa shape index (κ3) is 20.2. The first-order chi connectivity index (χ1) is 63.9. The number of anilines is 4. The van der Waals surface area contributed by atoms with Crippen molar-refractivity contribution in [3.05, 3.63) is 221 Å². The second-order valence-corrected chi connectivity index (χ2v) is 39.6. The lowest BCUT2D eigenvalue weighted by Gasteiger charge is -2.32.